The number of benzene rings is 1. The van der Waals surface area contributed by atoms with E-state index < -0.39 is 0 Å². The van der Waals surface area contributed by atoms with Gasteiger partial charge in [0.1, 0.15) is 0 Å². The third kappa shape index (κ3) is 3.33. The smallest absolute Gasteiger partial charge is 0.272 e. The highest BCUT2D eigenvalue weighted by Crippen LogP contribution is 2.31. The van der Waals surface area contributed by atoms with Crippen molar-refractivity contribution in [3.8, 4) is 0 Å². The van der Waals surface area contributed by atoms with Crippen LogP contribution in [0.25, 0.3) is 0 Å². The van der Waals surface area contributed by atoms with Gasteiger partial charge >= 0.3 is 0 Å². The molecular weight excluding hydrogens is 272 g/mol. The molecule has 1 aliphatic rings. The Hall–Kier alpha value is -1.07. The van der Waals surface area contributed by atoms with E-state index in [0.29, 0.717) is 16.9 Å². The van der Waals surface area contributed by atoms with E-state index in [0.717, 1.165) is 5.56 Å². The van der Waals surface area contributed by atoms with Crippen molar-refractivity contribution in [2.45, 2.75) is 50.4 Å². The molecule has 1 aliphatic carbocycles. The van der Waals surface area contributed by atoms with Crippen molar-refractivity contribution in [2.24, 2.45) is 0 Å². The average molecular weight is 294 g/mol. The standard InChI is InChI=1S/C15H22N2O2S/c1-10-7-8-12(9-14(10)17(18)19)11(2)16-13-5-4-6-15(13)20-3/h7-9,11,13,15-16H,4-6H2,1-3H3. The Morgan fingerprint density at radius 3 is 2.85 bits per heavy atom. The van der Waals surface area contributed by atoms with Crippen LogP contribution in [-0.2, 0) is 0 Å². The fraction of sp³-hybridized carbons (Fsp3) is 0.600. The molecule has 0 aliphatic heterocycles. The second-order valence-corrected chi connectivity index (χ2v) is 6.58. The maximum absolute atomic E-state index is 11.0. The lowest BCUT2D eigenvalue weighted by Crippen LogP contribution is -2.35. The van der Waals surface area contributed by atoms with Gasteiger partial charge in [-0.05, 0) is 38.5 Å². The van der Waals surface area contributed by atoms with Gasteiger partial charge in [-0.3, -0.25) is 10.1 Å². The topological polar surface area (TPSA) is 55.2 Å². The molecule has 0 saturated heterocycles. The molecule has 1 aromatic rings. The average Bonchev–Trinajstić information content (AvgIpc) is 2.86. The molecule has 1 aromatic carbocycles. The van der Waals surface area contributed by atoms with Crippen molar-refractivity contribution in [2.75, 3.05) is 6.26 Å². The summed E-state index contributed by atoms with van der Waals surface area (Å²) in [5.74, 6) is 0. The van der Waals surface area contributed by atoms with E-state index in [1.807, 2.05) is 23.9 Å². The van der Waals surface area contributed by atoms with E-state index in [9.17, 15) is 10.1 Å². The third-order valence-corrected chi connectivity index (χ3v) is 5.32. The summed E-state index contributed by atoms with van der Waals surface area (Å²) in [6, 6.07) is 6.19. The first-order valence-electron chi connectivity index (χ1n) is 7.06. The zero-order chi connectivity index (χ0) is 14.7. The first kappa shape index (κ1) is 15.3. The molecule has 110 valence electrons. The van der Waals surface area contributed by atoms with Gasteiger partial charge in [-0.1, -0.05) is 18.6 Å². The fourth-order valence-corrected chi connectivity index (χ4v) is 3.85. The summed E-state index contributed by atoms with van der Waals surface area (Å²) in [7, 11) is 0. The molecule has 0 radical (unpaired) electrons. The summed E-state index contributed by atoms with van der Waals surface area (Å²) in [5.41, 5.74) is 1.92. The Kier molecular flexibility index (Phi) is 5.05. The molecule has 4 nitrogen and oxygen atoms in total. The zero-order valence-electron chi connectivity index (χ0n) is 12.3. The second kappa shape index (κ2) is 6.59. The molecule has 3 unspecified atom stereocenters. The van der Waals surface area contributed by atoms with Crippen molar-refractivity contribution < 1.29 is 4.92 Å². The first-order chi connectivity index (χ1) is 9.52. The summed E-state index contributed by atoms with van der Waals surface area (Å²) in [4.78, 5) is 10.7. The summed E-state index contributed by atoms with van der Waals surface area (Å²) in [5, 5.41) is 15.3. The van der Waals surface area contributed by atoms with Gasteiger partial charge in [0.25, 0.3) is 5.69 Å². The van der Waals surface area contributed by atoms with Gasteiger partial charge in [-0.2, -0.15) is 11.8 Å². The van der Waals surface area contributed by atoms with Crippen LogP contribution in [0.3, 0.4) is 0 Å². The van der Waals surface area contributed by atoms with Crippen LogP contribution in [0, 0.1) is 17.0 Å². The van der Waals surface area contributed by atoms with Crippen molar-refractivity contribution in [1.29, 1.82) is 0 Å². The Morgan fingerprint density at radius 1 is 1.45 bits per heavy atom. The summed E-state index contributed by atoms with van der Waals surface area (Å²) in [6.07, 6.45) is 5.89. The number of nitrogens with zero attached hydrogens (tertiary/aromatic N) is 1. The van der Waals surface area contributed by atoms with Crippen LogP contribution in [0.5, 0.6) is 0 Å². The summed E-state index contributed by atoms with van der Waals surface area (Å²) >= 11 is 1.92. The third-order valence-electron chi connectivity index (χ3n) is 4.15. The van der Waals surface area contributed by atoms with Crippen LogP contribution < -0.4 is 5.32 Å². The highest BCUT2D eigenvalue weighted by atomic mass is 32.2. The highest BCUT2D eigenvalue weighted by Gasteiger charge is 2.27. The second-order valence-electron chi connectivity index (χ2n) is 5.50. The monoisotopic (exact) mass is 294 g/mol. The molecule has 5 heteroatoms. The van der Waals surface area contributed by atoms with Gasteiger partial charge in [-0.25, -0.2) is 0 Å². The fourth-order valence-electron chi connectivity index (χ4n) is 2.91. The predicted molar refractivity (Wildman–Crippen MR) is 84.3 cm³/mol. The lowest BCUT2D eigenvalue weighted by atomic mass is 10.0. The van der Waals surface area contributed by atoms with Gasteiger partial charge in [0.05, 0.1) is 4.92 Å². The van der Waals surface area contributed by atoms with Crippen LogP contribution in [0.2, 0.25) is 0 Å². The van der Waals surface area contributed by atoms with Gasteiger partial charge in [0.15, 0.2) is 0 Å². The van der Waals surface area contributed by atoms with Gasteiger partial charge in [0.2, 0.25) is 0 Å². The molecule has 0 amide bonds. The van der Waals surface area contributed by atoms with E-state index in [-0.39, 0.29) is 16.7 Å². The van der Waals surface area contributed by atoms with E-state index >= 15 is 0 Å². The Balaban J connectivity index is 2.11. The predicted octanol–water partition coefficient (Wildman–Crippen LogP) is 3.84. The van der Waals surface area contributed by atoms with E-state index in [2.05, 4.69) is 18.5 Å². The minimum Gasteiger partial charge on any atom is -0.306 e. The number of nitro groups is 1. The van der Waals surface area contributed by atoms with Crippen molar-refractivity contribution in [1.82, 2.24) is 5.32 Å². The molecular formula is C15H22N2O2S. The Morgan fingerprint density at radius 2 is 2.20 bits per heavy atom. The molecule has 1 N–H and O–H groups in total. The van der Waals surface area contributed by atoms with Crippen LogP contribution in [-0.4, -0.2) is 22.5 Å². The largest absolute Gasteiger partial charge is 0.306 e. The lowest BCUT2D eigenvalue weighted by Gasteiger charge is -2.24. The minimum atomic E-state index is -0.300. The zero-order valence-corrected chi connectivity index (χ0v) is 13.1. The van der Waals surface area contributed by atoms with Gasteiger partial charge in [-0.15, -0.1) is 0 Å². The number of aryl methyl sites for hydroxylation is 1. The van der Waals surface area contributed by atoms with E-state index in [1.165, 1.54) is 19.3 Å². The Labute approximate surface area is 124 Å². The molecule has 20 heavy (non-hydrogen) atoms. The molecule has 0 spiro atoms. The molecule has 2 rings (SSSR count). The van der Waals surface area contributed by atoms with Gasteiger partial charge in [0, 0.05) is 29.0 Å². The SMILES string of the molecule is CSC1CCCC1NC(C)c1ccc(C)c([N+](=O)[O-])c1. The Bertz CT molecular complexity index is 493. The normalized spacial score (nSPS) is 23.8. The lowest BCUT2D eigenvalue weighted by molar-refractivity contribution is -0.385. The van der Waals surface area contributed by atoms with E-state index in [4.69, 9.17) is 0 Å². The number of thioether (sulfide) groups is 1. The highest BCUT2D eigenvalue weighted by molar-refractivity contribution is 7.99. The minimum absolute atomic E-state index is 0.145. The van der Waals surface area contributed by atoms with Crippen molar-refractivity contribution in [3.05, 3.63) is 39.4 Å². The maximum Gasteiger partial charge on any atom is 0.272 e. The van der Waals surface area contributed by atoms with Crippen molar-refractivity contribution in [3.63, 3.8) is 0 Å². The van der Waals surface area contributed by atoms with Crippen LogP contribution >= 0.6 is 11.8 Å². The molecule has 0 heterocycles. The number of nitrogens with one attached hydrogen (secondary N) is 1. The van der Waals surface area contributed by atoms with Crippen LogP contribution in [0.1, 0.15) is 43.4 Å². The van der Waals surface area contributed by atoms with Crippen LogP contribution in [0.4, 0.5) is 5.69 Å². The number of hydrogen-bond acceptors (Lipinski definition) is 4. The molecule has 1 fully saturated rings. The van der Waals surface area contributed by atoms with Gasteiger partial charge < -0.3 is 5.32 Å². The number of rotatable bonds is 5. The summed E-state index contributed by atoms with van der Waals surface area (Å²) < 4.78 is 0. The molecule has 1 saturated carbocycles. The first-order valence-corrected chi connectivity index (χ1v) is 8.35. The molecule has 3 atom stereocenters. The molecule has 0 aromatic heterocycles. The quantitative estimate of drug-likeness (QED) is 0.662. The number of hydrogen-bond donors (Lipinski definition) is 1. The van der Waals surface area contributed by atoms with Crippen molar-refractivity contribution >= 4 is 17.4 Å². The van der Waals surface area contributed by atoms with E-state index in [1.54, 1.807) is 13.0 Å². The molecule has 0 bridgehead atoms. The summed E-state index contributed by atoms with van der Waals surface area (Å²) in [6.45, 7) is 3.87. The number of nitro benzene ring substituents is 1. The maximum atomic E-state index is 11.0. The van der Waals surface area contributed by atoms with Crippen LogP contribution in [0.15, 0.2) is 18.2 Å².